The summed E-state index contributed by atoms with van der Waals surface area (Å²) in [6.45, 7) is 1.32. The lowest BCUT2D eigenvalue weighted by Gasteiger charge is -2.60. The molecule has 0 saturated heterocycles. The Labute approximate surface area is 183 Å². The second-order valence-corrected chi connectivity index (χ2v) is 10.5. The number of amides is 2. The van der Waals surface area contributed by atoms with E-state index in [2.05, 4.69) is 22.8 Å². The lowest BCUT2D eigenvalue weighted by molar-refractivity contribution is -0.177. The van der Waals surface area contributed by atoms with Gasteiger partial charge >= 0.3 is 5.97 Å². The van der Waals surface area contributed by atoms with Gasteiger partial charge in [0.2, 0.25) is 5.91 Å². The van der Waals surface area contributed by atoms with Crippen molar-refractivity contribution >= 4 is 17.8 Å². The summed E-state index contributed by atoms with van der Waals surface area (Å²) in [5.74, 6) is 0.380. The Kier molecular flexibility index (Phi) is 5.06. The predicted molar refractivity (Wildman–Crippen MR) is 115 cm³/mol. The van der Waals surface area contributed by atoms with Gasteiger partial charge in [0.1, 0.15) is 0 Å². The summed E-state index contributed by atoms with van der Waals surface area (Å²) >= 11 is 0. The van der Waals surface area contributed by atoms with E-state index in [0.717, 1.165) is 51.4 Å². The molecule has 2 amide bonds. The normalized spacial score (nSPS) is 35.2. The molecular formula is C25H32N2O4. The number of fused-ring (bicyclic) bond motifs is 1. The van der Waals surface area contributed by atoms with Gasteiger partial charge in [-0.3, -0.25) is 14.4 Å². The van der Waals surface area contributed by atoms with Crippen LogP contribution in [0.15, 0.2) is 24.3 Å². The summed E-state index contributed by atoms with van der Waals surface area (Å²) in [5.41, 5.74) is 1.63. The van der Waals surface area contributed by atoms with Gasteiger partial charge in [0, 0.05) is 12.5 Å². The molecule has 5 atom stereocenters. The van der Waals surface area contributed by atoms with Crippen LogP contribution < -0.4 is 10.6 Å². The number of nitrogens with one attached hydrogen (secondary N) is 2. The molecule has 0 radical (unpaired) electrons. The molecule has 6 heteroatoms. The van der Waals surface area contributed by atoms with Gasteiger partial charge in [-0.1, -0.05) is 24.3 Å². The summed E-state index contributed by atoms with van der Waals surface area (Å²) < 4.78 is 5.60. The SMILES string of the molecule is CC(=O)NC12C[C@H]3C[C@@H](C1)CC(C(=O)OCC(=O)N[C@H]1CCCc4ccccc41)(C3)C2. The molecule has 0 heterocycles. The molecule has 31 heavy (non-hydrogen) atoms. The first kappa shape index (κ1) is 20.5. The van der Waals surface area contributed by atoms with Crippen molar-refractivity contribution in [3.8, 4) is 0 Å². The van der Waals surface area contributed by atoms with E-state index in [1.54, 1.807) is 6.92 Å². The van der Waals surface area contributed by atoms with E-state index in [0.29, 0.717) is 18.3 Å². The average molecular weight is 425 g/mol. The molecule has 1 aromatic carbocycles. The van der Waals surface area contributed by atoms with Crippen LogP contribution in [0.3, 0.4) is 0 Å². The molecule has 166 valence electrons. The Morgan fingerprint density at radius 3 is 2.58 bits per heavy atom. The Bertz CT molecular complexity index is 897. The number of ether oxygens (including phenoxy) is 1. The molecule has 2 unspecified atom stereocenters. The molecule has 4 bridgehead atoms. The number of carbonyl (C=O) groups excluding carboxylic acids is 3. The third-order valence-electron chi connectivity index (χ3n) is 7.97. The fourth-order valence-electron chi connectivity index (χ4n) is 7.45. The molecule has 0 spiro atoms. The van der Waals surface area contributed by atoms with E-state index in [9.17, 15) is 14.4 Å². The highest BCUT2D eigenvalue weighted by molar-refractivity contribution is 5.84. The minimum atomic E-state index is -0.551. The van der Waals surface area contributed by atoms with E-state index in [4.69, 9.17) is 4.74 Å². The minimum Gasteiger partial charge on any atom is -0.455 e. The molecule has 6 nitrogen and oxygen atoms in total. The summed E-state index contributed by atoms with van der Waals surface area (Å²) in [7, 11) is 0. The van der Waals surface area contributed by atoms with E-state index in [1.165, 1.54) is 11.1 Å². The third-order valence-corrected chi connectivity index (χ3v) is 7.97. The van der Waals surface area contributed by atoms with Crippen LogP contribution in [0.2, 0.25) is 0 Å². The first-order valence-electron chi connectivity index (χ1n) is 11.7. The second kappa shape index (κ2) is 7.64. The van der Waals surface area contributed by atoms with Crippen LogP contribution in [-0.2, 0) is 25.5 Å². The maximum Gasteiger partial charge on any atom is 0.312 e. The Morgan fingerprint density at radius 1 is 1.10 bits per heavy atom. The molecular weight excluding hydrogens is 392 g/mol. The number of hydrogen-bond acceptors (Lipinski definition) is 4. The zero-order valence-corrected chi connectivity index (χ0v) is 18.2. The maximum absolute atomic E-state index is 13.2. The second-order valence-electron chi connectivity index (χ2n) is 10.5. The Hall–Kier alpha value is -2.37. The number of carbonyl (C=O) groups is 3. The topological polar surface area (TPSA) is 84.5 Å². The Balaban J connectivity index is 1.22. The van der Waals surface area contributed by atoms with Crippen LogP contribution in [-0.4, -0.2) is 29.9 Å². The van der Waals surface area contributed by atoms with Gasteiger partial charge in [0.15, 0.2) is 6.61 Å². The summed E-state index contributed by atoms with van der Waals surface area (Å²) in [4.78, 5) is 37.6. The first-order chi connectivity index (χ1) is 14.9. The van der Waals surface area contributed by atoms with E-state index in [1.807, 2.05) is 12.1 Å². The van der Waals surface area contributed by atoms with Gasteiger partial charge in [-0.15, -0.1) is 0 Å². The first-order valence-corrected chi connectivity index (χ1v) is 11.7. The number of hydrogen-bond donors (Lipinski definition) is 2. The highest BCUT2D eigenvalue weighted by Crippen LogP contribution is 2.62. The molecule has 0 aromatic heterocycles. The molecule has 1 aromatic rings. The fourth-order valence-corrected chi connectivity index (χ4v) is 7.45. The van der Waals surface area contributed by atoms with Gasteiger partial charge in [-0.2, -0.15) is 0 Å². The van der Waals surface area contributed by atoms with Crippen LogP contribution in [0.5, 0.6) is 0 Å². The zero-order chi connectivity index (χ0) is 21.6. The quantitative estimate of drug-likeness (QED) is 0.711. The largest absolute Gasteiger partial charge is 0.455 e. The molecule has 5 aliphatic carbocycles. The van der Waals surface area contributed by atoms with Crippen LogP contribution in [0, 0.1) is 17.3 Å². The number of benzene rings is 1. The molecule has 0 aliphatic heterocycles. The van der Waals surface area contributed by atoms with Gasteiger partial charge < -0.3 is 15.4 Å². The number of aryl methyl sites for hydroxylation is 1. The Morgan fingerprint density at radius 2 is 1.84 bits per heavy atom. The van der Waals surface area contributed by atoms with Crippen LogP contribution in [0.1, 0.15) is 75.5 Å². The molecule has 5 aliphatic rings. The maximum atomic E-state index is 13.2. The number of rotatable bonds is 5. The van der Waals surface area contributed by atoms with E-state index in [-0.39, 0.29) is 36.0 Å². The van der Waals surface area contributed by atoms with Gasteiger partial charge in [-0.25, -0.2) is 0 Å². The minimum absolute atomic E-state index is 0.0151. The highest BCUT2D eigenvalue weighted by atomic mass is 16.5. The van der Waals surface area contributed by atoms with Gasteiger partial charge in [-0.05, 0) is 80.8 Å². The zero-order valence-electron chi connectivity index (χ0n) is 18.2. The lowest BCUT2D eigenvalue weighted by atomic mass is 9.47. The summed E-state index contributed by atoms with van der Waals surface area (Å²) in [6, 6.07) is 8.21. The lowest BCUT2D eigenvalue weighted by Crippen LogP contribution is -2.64. The number of esters is 1. The van der Waals surface area contributed by atoms with Crippen LogP contribution >= 0.6 is 0 Å². The summed E-state index contributed by atoms with van der Waals surface area (Å²) in [5, 5.41) is 6.23. The van der Waals surface area contributed by atoms with Crippen molar-refractivity contribution in [2.75, 3.05) is 6.61 Å². The van der Waals surface area contributed by atoms with Crippen molar-refractivity contribution in [3.63, 3.8) is 0 Å². The van der Waals surface area contributed by atoms with Crippen LogP contribution in [0.4, 0.5) is 0 Å². The molecule has 4 fully saturated rings. The fraction of sp³-hybridized carbons (Fsp3) is 0.640. The van der Waals surface area contributed by atoms with Gasteiger partial charge in [0.05, 0.1) is 11.5 Å². The molecule has 4 saturated carbocycles. The average Bonchev–Trinajstić information content (AvgIpc) is 2.70. The standard InChI is InChI=1S/C25H32N2O4/c1-16(28)27-25-12-17-9-18(13-25)11-24(10-17,15-25)23(30)31-14-22(29)26-21-8-4-6-19-5-2-3-7-20(19)21/h2-3,5,7,17-18,21H,4,6,8-15H2,1H3,(H,26,29)(H,27,28)/t17-,18+,21-,24?,25?/m0/s1. The molecule has 2 N–H and O–H groups in total. The van der Waals surface area contributed by atoms with Crippen molar-refractivity contribution in [2.24, 2.45) is 17.3 Å². The van der Waals surface area contributed by atoms with Crippen molar-refractivity contribution in [2.45, 2.75) is 76.3 Å². The van der Waals surface area contributed by atoms with Crippen LogP contribution in [0.25, 0.3) is 0 Å². The predicted octanol–water partition coefficient (Wildman–Crippen LogP) is 3.20. The third kappa shape index (κ3) is 3.85. The van der Waals surface area contributed by atoms with Crippen molar-refractivity contribution < 1.29 is 19.1 Å². The van der Waals surface area contributed by atoms with E-state index >= 15 is 0 Å². The highest BCUT2D eigenvalue weighted by Gasteiger charge is 2.61. The van der Waals surface area contributed by atoms with Crippen molar-refractivity contribution in [3.05, 3.63) is 35.4 Å². The monoisotopic (exact) mass is 424 g/mol. The van der Waals surface area contributed by atoms with Gasteiger partial charge in [0.25, 0.3) is 5.91 Å². The van der Waals surface area contributed by atoms with Crippen molar-refractivity contribution in [1.29, 1.82) is 0 Å². The van der Waals surface area contributed by atoms with E-state index < -0.39 is 5.41 Å². The molecule has 6 rings (SSSR count). The van der Waals surface area contributed by atoms with Crippen molar-refractivity contribution in [1.82, 2.24) is 10.6 Å². The summed E-state index contributed by atoms with van der Waals surface area (Å²) in [6.07, 6.45) is 8.32. The smallest absolute Gasteiger partial charge is 0.312 e.